The van der Waals surface area contributed by atoms with Crippen molar-refractivity contribution in [2.24, 2.45) is 0 Å². The Morgan fingerprint density at radius 2 is 2.06 bits per heavy atom. The van der Waals surface area contributed by atoms with Gasteiger partial charge in [0, 0.05) is 37.3 Å². The third-order valence-electron chi connectivity index (χ3n) is 2.94. The van der Waals surface area contributed by atoms with Crippen LogP contribution in [0.2, 0.25) is 0 Å². The number of likely N-dealkylation sites (N-methyl/N-ethyl adjacent to an activating group) is 1. The van der Waals surface area contributed by atoms with E-state index in [4.69, 9.17) is 0 Å². The van der Waals surface area contributed by atoms with Gasteiger partial charge in [-0.1, -0.05) is 6.92 Å². The van der Waals surface area contributed by atoms with Gasteiger partial charge in [-0.2, -0.15) is 0 Å². The van der Waals surface area contributed by atoms with Gasteiger partial charge in [0.15, 0.2) is 0 Å². The Morgan fingerprint density at radius 1 is 1.25 bits per heavy atom. The molecular formula is C12H20N4. The third kappa shape index (κ3) is 2.39. The molecule has 1 aromatic rings. The molecule has 4 nitrogen and oxygen atoms in total. The van der Waals surface area contributed by atoms with Crippen LogP contribution in [0.4, 0.5) is 0 Å². The van der Waals surface area contributed by atoms with Gasteiger partial charge in [0.05, 0.1) is 5.69 Å². The van der Waals surface area contributed by atoms with Crippen LogP contribution in [0.5, 0.6) is 0 Å². The average Bonchev–Trinajstić information content (AvgIpc) is 2.73. The quantitative estimate of drug-likeness (QED) is 0.813. The fourth-order valence-corrected chi connectivity index (χ4v) is 2.02. The van der Waals surface area contributed by atoms with Crippen LogP contribution in [-0.2, 0) is 25.9 Å². The molecule has 0 aliphatic carbocycles. The second kappa shape index (κ2) is 4.89. The van der Waals surface area contributed by atoms with Gasteiger partial charge in [0.2, 0.25) is 0 Å². The lowest BCUT2D eigenvalue weighted by atomic mass is 10.1. The predicted octanol–water partition coefficient (Wildman–Crippen LogP) is 0.746. The molecule has 0 aromatic carbocycles. The fraction of sp³-hybridized carbons (Fsp3) is 0.667. The van der Waals surface area contributed by atoms with E-state index in [1.165, 1.54) is 17.0 Å². The number of hydrogen-bond donors (Lipinski definition) is 1. The van der Waals surface area contributed by atoms with Crippen molar-refractivity contribution < 1.29 is 0 Å². The summed E-state index contributed by atoms with van der Waals surface area (Å²) in [5.74, 6) is 0.994. The summed E-state index contributed by atoms with van der Waals surface area (Å²) >= 11 is 0. The van der Waals surface area contributed by atoms with Crippen LogP contribution in [0, 0.1) is 0 Å². The largest absolute Gasteiger partial charge is 0.309 e. The van der Waals surface area contributed by atoms with E-state index in [9.17, 15) is 0 Å². The number of nitrogens with zero attached hydrogens (tertiary/aromatic N) is 3. The predicted molar refractivity (Wildman–Crippen MR) is 64.2 cm³/mol. The summed E-state index contributed by atoms with van der Waals surface area (Å²) in [7, 11) is 4.16. The molecule has 0 amide bonds. The molecule has 1 N–H and O–H groups in total. The van der Waals surface area contributed by atoms with Gasteiger partial charge in [-0.05, 0) is 20.5 Å². The van der Waals surface area contributed by atoms with Gasteiger partial charge < -0.3 is 10.2 Å². The monoisotopic (exact) mass is 220 g/mol. The highest BCUT2D eigenvalue weighted by atomic mass is 15.1. The van der Waals surface area contributed by atoms with Crippen LogP contribution in [0.3, 0.4) is 0 Å². The van der Waals surface area contributed by atoms with Crippen LogP contribution < -0.4 is 5.32 Å². The molecule has 16 heavy (non-hydrogen) atoms. The molecule has 2 rings (SSSR count). The van der Waals surface area contributed by atoms with Crippen molar-refractivity contribution in [3.63, 3.8) is 0 Å². The van der Waals surface area contributed by atoms with Gasteiger partial charge in [-0.25, -0.2) is 9.97 Å². The standard InChI is InChI=1S/C12H20N4/c1-4-10-9-7-13-8-11(9)15-12(14-10)5-6-16(2)3/h13H,4-8H2,1-3H3. The molecule has 88 valence electrons. The van der Waals surface area contributed by atoms with Crippen LogP contribution in [0.1, 0.15) is 29.7 Å². The molecule has 0 unspecified atom stereocenters. The lowest BCUT2D eigenvalue weighted by Crippen LogP contribution is -2.17. The van der Waals surface area contributed by atoms with Crippen LogP contribution in [-0.4, -0.2) is 35.5 Å². The Kier molecular flexibility index (Phi) is 3.51. The minimum atomic E-state index is 0.903. The maximum absolute atomic E-state index is 4.66. The van der Waals surface area contributed by atoms with E-state index in [1.54, 1.807) is 0 Å². The summed E-state index contributed by atoms with van der Waals surface area (Å²) in [6.07, 6.45) is 1.94. The minimum absolute atomic E-state index is 0.903. The van der Waals surface area contributed by atoms with Gasteiger partial charge in [-0.3, -0.25) is 0 Å². The highest BCUT2D eigenvalue weighted by molar-refractivity contribution is 5.29. The molecule has 1 aliphatic rings. The van der Waals surface area contributed by atoms with E-state index in [-0.39, 0.29) is 0 Å². The summed E-state index contributed by atoms with van der Waals surface area (Å²) in [6.45, 7) is 5.01. The highest BCUT2D eigenvalue weighted by Crippen LogP contribution is 2.17. The lowest BCUT2D eigenvalue weighted by molar-refractivity contribution is 0.409. The van der Waals surface area contributed by atoms with Crippen LogP contribution in [0.15, 0.2) is 0 Å². The molecular weight excluding hydrogens is 200 g/mol. The van der Waals surface area contributed by atoms with Crippen molar-refractivity contribution in [3.8, 4) is 0 Å². The zero-order valence-electron chi connectivity index (χ0n) is 10.4. The van der Waals surface area contributed by atoms with Crippen molar-refractivity contribution >= 4 is 0 Å². The second-order valence-electron chi connectivity index (χ2n) is 4.52. The SMILES string of the molecule is CCc1nc(CCN(C)C)nc2c1CNC2. The maximum atomic E-state index is 4.66. The maximum Gasteiger partial charge on any atom is 0.130 e. The van der Waals surface area contributed by atoms with Crippen LogP contribution in [0.25, 0.3) is 0 Å². The summed E-state index contributed by atoms with van der Waals surface area (Å²) < 4.78 is 0. The van der Waals surface area contributed by atoms with E-state index in [0.29, 0.717) is 0 Å². The lowest BCUT2D eigenvalue weighted by Gasteiger charge is -2.11. The molecule has 0 radical (unpaired) electrons. The van der Waals surface area contributed by atoms with E-state index >= 15 is 0 Å². The number of fused-ring (bicyclic) bond motifs is 1. The first-order valence-corrected chi connectivity index (χ1v) is 5.93. The molecule has 1 aromatic heterocycles. The number of rotatable bonds is 4. The van der Waals surface area contributed by atoms with Crippen molar-refractivity contribution in [2.75, 3.05) is 20.6 Å². The normalized spacial score (nSPS) is 14.5. The minimum Gasteiger partial charge on any atom is -0.309 e. The van der Waals surface area contributed by atoms with Crippen molar-refractivity contribution in [1.29, 1.82) is 0 Å². The molecule has 0 atom stereocenters. The molecule has 4 heteroatoms. The number of hydrogen-bond acceptors (Lipinski definition) is 4. The Hall–Kier alpha value is -1.00. The van der Waals surface area contributed by atoms with Crippen molar-refractivity contribution in [3.05, 3.63) is 22.8 Å². The first kappa shape index (κ1) is 11.5. The molecule has 0 bridgehead atoms. The zero-order chi connectivity index (χ0) is 11.5. The van der Waals surface area contributed by atoms with E-state index in [1.807, 2.05) is 0 Å². The fourth-order valence-electron chi connectivity index (χ4n) is 2.02. The Morgan fingerprint density at radius 3 is 2.75 bits per heavy atom. The first-order chi connectivity index (χ1) is 7.70. The summed E-state index contributed by atoms with van der Waals surface area (Å²) in [4.78, 5) is 11.5. The topological polar surface area (TPSA) is 41.1 Å². The zero-order valence-corrected chi connectivity index (χ0v) is 10.4. The van der Waals surface area contributed by atoms with E-state index in [2.05, 4.69) is 41.2 Å². The van der Waals surface area contributed by atoms with Gasteiger partial charge >= 0.3 is 0 Å². The molecule has 1 aliphatic heterocycles. The molecule has 0 spiro atoms. The van der Waals surface area contributed by atoms with Gasteiger partial charge in [0.25, 0.3) is 0 Å². The Labute approximate surface area is 97.1 Å². The summed E-state index contributed by atoms with van der Waals surface area (Å²) in [5, 5.41) is 3.34. The van der Waals surface area contributed by atoms with Crippen molar-refractivity contribution in [1.82, 2.24) is 20.2 Å². The average molecular weight is 220 g/mol. The highest BCUT2D eigenvalue weighted by Gasteiger charge is 2.17. The van der Waals surface area contributed by atoms with Gasteiger partial charge in [0.1, 0.15) is 5.82 Å². The number of nitrogens with one attached hydrogen (secondary N) is 1. The summed E-state index contributed by atoms with van der Waals surface area (Å²) in [6, 6.07) is 0. The summed E-state index contributed by atoms with van der Waals surface area (Å²) in [5.41, 5.74) is 3.76. The second-order valence-corrected chi connectivity index (χ2v) is 4.52. The van der Waals surface area contributed by atoms with E-state index in [0.717, 1.165) is 38.3 Å². The Balaban J connectivity index is 2.20. The van der Waals surface area contributed by atoms with E-state index < -0.39 is 0 Å². The van der Waals surface area contributed by atoms with Crippen LogP contribution >= 0.6 is 0 Å². The molecule has 0 saturated heterocycles. The first-order valence-electron chi connectivity index (χ1n) is 5.93. The van der Waals surface area contributed by atoms with Gasteiger partial charge in [-0.15, -0.1) is 0 Å². The third-order valence-corrected chi connectivity index (χ3v) is 2.94. The Bertz CT molecular complexity index is 374. The molecule has 2 heterocycles. The number of aromatic nitrogens is 2. The number of aryl methyl sites for hydroxylation is 1. The smallest absolute Gasteiger partial charge is 0.130 e. The van der Waals surface area contributed by atoms with Crippen molar-refractivity contribution in [2.45, 2.75) is 32.9 Å². The molecule has 0 fully saturated rings. The molecule has 0 saturated carbocycles.